The van der Waals surface area contributed by atoms with Gasteiger partial charge in [0.25, 0.3) is 0 Å². The smallest absolute Gasteiger partial charge is 0.222 e. The number of amides is 2. The SMILES string of the molecule is CCC(=O)NC(CC)(NC(=O)CC)N(CC)CC. The summed E-state index contributed by atoms with van der Waals surface area (Å²) in [6, 6.07) is 0. The maximum atomic E-state index is 11.7. The van der Waals surface area contributed by atoms with Crippen LogP contribution in [0.15, 0.2) is 0 Å². The fourth-order valence-electron chi connectivity index (χ4n) is 1.99. The highest BCUT2D eigenvalue weighted by molar-refractivity contribution is 5.79. The van der Waals surface area contributed by atoms with Crippen LogP contribution in [0.2, 0.25) is 0 Å². The summed E-state index contributed by atoms with van der Waals surface area (Å²) in [5, 5.41) is 5.90. The van der Waals surface area contributed by atoms with Gasteiger partial charge in [-0.1, -0.05) is 34.6 Å². The summed E-state index contributed by atoms with van der Waals surface area (Å²) in [7, 11) is 0. The van der Waals surface area contributed by atoms with E-state index in [1.165, 1.54) is 0 Å². The largest absolute Gasteiger partial charge is 0.321 e. The van der Waals surface area contributed by atoms with Crippen molar-refractivity contribution in [3.63, 3.8) is 0 Å². The van der Waals surface area contributed by atoms with Crippen LogP contribution in [0.1, 0.15) is 53.9 Å². The molecule has 0 aliphatic carbocycles. The third-order valence-electron chi connectivity index (χ3n) is 3.15. The number of nitrogens with zero attached hydrogens (tertiary/aromatic N) is 1. The maximum absolute atomic E-state index is 11.7. The van der Waals surface area contributed by atoms with Gasteiger partial charge in [0.05, 0.1) is 0 Å². The monoisotopic (exact) mass is 257 g/mol. The quantitative estimate of drug-likeness (QED) is 0.647. The van der Waals surface area contributed by atoms with Gasteiger partial charge in [-0.05, 0) is 13.1 Å². The second-order valence-corrected chi connectivity index (χ2v) is 4.19. The molecule has 0 aliphatic heterocycles. The number of nitrogens with one attached hydrogen (secondary N) is 2. The molecule has 0 radical (unpaired) electrons. The van der Waals surface area contributed by atoms with Gasteiger partial charge in [-0.25, -0.2) is 0 Å². The van der Waals surface area contributed by atoms with Gasteiger partial charge in [-0.2, -0.15) is 0 Å². The fourth-order valence-corrected chi connectivity index (χ4v) is 1.99. The van der Waals surface area contributed by atoms with Crippen molar-refractivity contribution in [2.75, 3.05) is 13.1 Å². The Morgan fingerprint density at radius 1 is 0.889 bits per heavy atom. The topological polar surface area (TPSA) is 61.4 Å². The van der Waals surface area contributed by atoms with Crippen LogP contribution in [0.25, 0.3) is 0 Å². The lowest BCUT2D eigenvalue weighted by molar-refractivity contribution is -0.133. The zero-order valence-electron chi connectivity index (χ0n) is 12.3. The standard InChI is InChI=1S/C13H27N3O2/c1-6-11(17)14-13(8-3,15-12(18)7-2)16(9-4)10-5/h6-10H2,1-5H3,(H,14,17)(H,15,18). The van der Waals surface area contributed by atoms with Crippen molar-refractivity contribution in [1.82, 2.24) is 15.5 Å². The predicted molar refractivity (Wildman–Crippen MR) is 72.8 cm³/mol. The van der Waals surface area contributed by atoms with Crippen molar-refractivity contribution in [2.45, 2.75) is 59.7 Å². The van der Waals surface area contributed by atoms with Crippen LogP contribution < -0.4 is 10.6 Å². The first-order chi connectivity index (χ1) is 8.49. The first-order valence-corrected chi connectivity index (χ1v) is 6.86. The van der Waals surface area contributed by atoms with E-state index in [2.05, 4.69) is 15.5 Å². The molecule has 0 aromatic carbocycles. The molecule has 0 spiro atoms. The minimum atomic E-state index is -0.760. The molecule has 2 amide bonds. The molecule has 0 rings (SSSR count). The molecule has 0 atom stereocenters. The molecule has 106 valence electrons. The lowest BCUT2D eigenvalue weighted by atomic mass is 10.1. The molecule has 5 heteroatoms. The minimum Gasteiger partial charge on any atom is -0.321 e. The van der Waals surface area contributed by atoms with E-state index in [-0.39, 0.29) is 11.8 Å². The van der Waals surface area contributed by atoms with Crippen molar-refractivity contribution < 1.29 is 9.59 Å². The third kappa shape index (κ3) is 4.29. The van der Waals surface area contributed by atoms with E-state index in [4.69, 9.17) is 0 Å². The molecule has 5 nitrogen and oxygen atoms in total. The van der Waals surface area contributed by atoms with E-state index in [9.17, 15) is 9.59 Å². The first kappa shape index (κ1) is 16.9. The molecule has 0 heterocycles. The van der Waals surface area contributed by atoms with Crippen LogP contribution in [0.3, 0.4) is 0 Å². The summed E-state index contributed by atoms with van der Waals surface area (Å²) in [6.07, 6.45) is 1.45. The van der Waals surface area contributed by atoms with E-state index < -0.39 is 5.79 Å². The van der Waals surface area contributed by atoms with Gasteiger partial charge in [0.2, 0.25) is 11.8 Å². The molecule has 0 aromatic heterocycles. The van der Waals surface area contributed by atoms with Crippen LogP contribution >= 0.6 is 0 Å². The Labute approximate surface area is 110 Å². The van der Waals surface area contributed by atoms with Crippen molar-refractivity contribution in [3.05, 3.63) is 0 Å². The van der Waals surface area contributed by atoms with Gasteiger partial charge in [0.15, 0.2) is 5.79 Å². The maximum Gasteiger partial charge on any atom is 0.222 e. The number of carbonyl (C=O) groups is 2. The van der Waals surface area contributed by atoms with Crippen LogP contribution in [0, 0.1) is 0 Å². The average Bonchev–Trinajstić information content (AvgIpc) is 2.39. The van der Waals surface area contributed by atoms with Gasteiger partial charge >= 0.3 is 0 Å². The molecule has 0 fully saturated rings. The minimum absolute atomic E-state index is 0.0554. The predicted octanol–water partition coefficient (Wildman–Crippen LogP) is 1.44. The summed E-state index contributed by atoms with van der Waals surface area (Å²) in [5.41, 5.74) is 0. The second kappa shape index (κ2) is 8.08. The van der Waals surface area contributed by atoms with Gasteiger partial charge < -0.3 is 10.6 Å². The summed E-state index contributed by atoms with van der Waals surface area (Å²) in [5.74, 6) is -0.871. The van der Waals surface area contributed by atoms with E-state index >= 15 is 0 Å². The van der Waals surface area contributed by atoms with E-state index in [0.29, 0.717) is 19.3 Å². The zero-order valence-corrected chi connectivity index (χ0v) is 12.3. The van der Waals surface area contributed by atoms with Crippen LogP contribution in [-0.4, -0.2) is 35.6 Å². The van der Waals surface area contributed by atoms with Gasteiger partial charge in [-0.15, -0.1) is 0 Å². The van der Waals surface area contributed by atoms with Gasteiger partial charge in [0, 0.05) is 19.3 Å². The van der Waals surface area contributed by atoms with E-state index in [1.807, 2.05) is 20.8 Å². The van der Waals surface area contributed by atoms with Crippen molar-refractivity contribution in [1.29, 1.82) is 0 Å². The average molecular weight is 257 g/mol. The normalized spacial score (nSPS) is 11.4. The lowest BCUT2D eigenvalue weighted by Crippen LogP contribution is -2.69. The van der Waals surface area contributed by atoms with Crippen molar-refractivity contribution in [2.24, 2.45) is 0 Å². The molecule has 0 aliphatic rings. The summed E-state index contributed by atoms with van der Waals surface area (Å²) < 4.78 is 0. The van der Waals surface area contributed by atoms with E-state index in [1.54, 1.807) is 13.8 Å². The number of hydrogen-bond donors (Lipinski definition) is 2. The Balaban J connectivity index is 5.16. The van der Waals surface area contributed by atoms with Crippen LogP contribution in [0.4, 0.5) is 0 Å². The highest BCUT2D eigenvalue weighted by Gasteiger charge is 2.35. The molecular formula is C13H27N3O2. The Morgan fingerprint density at radius 3 is 1.50 bits per heavy atom. The number of hydrogen-bond acceptors (Lipinski definition) is 3. The summed E-state index contributed by atoms with van der Waals surface area (Å²) in [4.78, 5) is 25.5. The zero-order chi connectivity index (χ0) is 14.2. The molecule has 0 aromatic rings. The van der Waals surface area contributed by atoms with Gasteiger partial charge in [-0.3, -0.25) is 14.5 Å². The van der Waals surface area contributed by atoms with Crippen molar-refractivity contribution in [3.8, 4) is 0 Å². The molecule has 0 unspecified atom stereocenters. The fraction of sp³-hybridized carbons (Fsp3) is 0.846. The molecule has 0 saturated carbocycles. The van der Waals surface area contributed by atoms with Crippen molar-refractivity contribution >= 4 is 11.8 Å². The number of carbonyl (C=O) groups excluding carboxylic acids is 2. The Morgan fingerprint density at radius 2 is 1.28 bits per heavy atom. The molecule has 2 N–H and O–H groups in total. The Bertz CT molecular complexity index is 257. The highest BCUT2D eigenvalue weighted by atomic mass is 16.2. The Hall–Kier alpha value is -1.10. The first-order valence-electron chi connectivity index (χ1n) is 6.86. The molecule has 18 heavy (non-hydrogen) atoms. The Kier molecular flexibility index (Phi) is 7.59. The van der Waals surface area contributed by atoms with Crippen LogP contribution in [-0.2, 0) is 9.59 Å². The van der Waals surface area contributed by atoms with Gasteiger partial charge in [0.1, 0.15) is 0 Å². The number of rotatable bonds is 8. The lowest BCUT2D eigenvalue weighted by Gasteiger charge is -2.43. The van der Waals surface area contributed by atoms with Crippen LogP contribution in [0.5, 0.6) is 0 Å². The summed E-state index contributed by atoms with van der Waals surface area (Å²) >= 11 is 0. The third-order valence-corrected chi connectivity index (χ3v) is 3.15. The summed E-state index contributed by atoms with van der Waals surface area (Å²) in [6.45, 7) is 11.1. The molecule has 0 saturated heterocycles. The van der Waals surface area contributed by atoms with E-state index in [0.717, 1.165) is 13.1 Å². The molecular weight excluding hydrogens is 230 g/mol. The molecule has 0 bridgehead atoms. The second-order valence-electron chi connectivity index (χ2n) is 4.19. The highest BCUT2D eigenvalue weighted by Crippen LogP contribution is 2.14.